The molecule has 29 heavy (non-hydrogen) atoms. The third kappa shape index (κ3) is 5.41. The molecule has 1 saturated heterocycles. The molecule has 154 valence electrons. The molecule has 0 bridgehead atoms. The van der Waals surface area contributed by atoms with Gasteiger partial charge in [-0.3, -0.25) is 9.59 Å². The molecule has 2 aromatic rings. The zero-order chi connectivity index (χ0) is 21.0. The highest BCUT2D eigenvalue weighted by Crippen LogP contribution is 2.29. The predicted octanol–water partition coefficient (Wildman–Crippen LogP) is 3.64. The minimum absolute atomic E-state index is 0.113. The number of benzene rings is 2. The molecular weight excluding hydrogens is 390 g/mol. The standard InChI is InChI=1S/C22H26ClN3O3/c1-15-12-16(2)22(20(23)13-15)29-14-21(28)24-18-4-6-19(7-5-18)26-10-8-25(9-11-26)17(3)27/h4-7,12-13H,8-11,14H2,1-3H3,(H,24,28). The Morgan fingerprint density at radius 2 is 1.72 bits per heavy atom. The third-order valence-electron chi connectivity index (χ3n) is 4.96. The molecule has 2 aromatic carbocycles. The van der Waals surface area contributed by atoms with Gasteiger partial charge >= 0.3 is 0 Å². The van der Waals surface area contributed by atoms with Gasteiger partial charge in [-0.1, -0.05) is 17.7 Å². The van der Waals surface area contributed by atoms with Crippen molar-refractivity contribution >= 4 is 34.8 Å². The van der Waals surface area contributed by atoms with E-state index in [0.717, 1.165) is 43.0 Å². The Morgan fingerprint density at radius 3 is 2.31 bits per heavy atom. The summed E-state index contributed by atoms with van der Waals surface area (Å²) in [5, 5.41) is 3.34. The van der Waals surface area contributed by atoms with Gasteiger partial charge in [-0.15, -0.1) is 0 Å². The summed E-state index contributed by atoms with van der Waals surface area (Å²) < 4.78 is 5.62. The van der Waals surface area contributed by atoms with E-state index in [2.05, 4.69) is 10.2 Å². The van der Waals surface area contributed by atoms with Crippen LogP contribution >= 0.6 is 11.6 Å². The van der Waals surface area contributed by atoms with Crippen LogP contribution in [0.4, 0.5) is 11.4 Å². The largest absolute Gasteiger partial charge is 0.482 e. The first-order valence-corrected chi connectivity index (χ1v) is 10.0. The SMILES string of the molecule is CC(=O)N1CCN(c2ccc(NC(=O)COc3c(C)cc(C)cc3Cl)cc2)CC1. The summed E-state index contributed by atoms with van der Waals surface area (Å²) in [6.07, 6.45) is 0. The first-order valence-electron chi connectivity index (χ1n) is 9.63. The summed E-state index contributed by atoms with van der Waals surface area (Å²) in [6, 6.07) is 11.5. The van der Waals surface area contributed by atoms with Crippen LogP contribution in [-0.2, 0) is 9.59 Å². The maximum absolute atomic E-state index is 12.2. The summed E-state index contributed by atoms with van der Waals surface area (Å²) in [7, 11) is 0. The lowest BCUT2D eigenvalue weighted by atomic mass is 10.1. The van der Waals surface area contributed by atoms with Gasteiger partial charge in [0.2, 0.25) is 5.91 Å². The van der Waals surface area contributed by atoms with Crippen molar-refractivity contribution in [2.45, 2.75) is 20.8 Å². The van der Waals surface area contributed by atoms with Gasteiger partial charge < -0.3 is 19.9 Å². The molecule has 0 spiro atoms. The van der Waals surface area contributed by atoms with Gasteiger partial charge in [0.1, 0.15) is 5.75 Å². The zero-order valence-corrected chi connectivity index (χ0v) is 17.8. The highest BCUT2D eigenvalue weighted by atomic mass is 35.5. The highest BCUT2D eigenvalue weighted by molar-refractivity contribution is 6.32. The molecule has 0 unspecified atom stereocenters. The number of nitrogens with one attached hydrogen (secondary N) is 1. The number of hydrogen-bond donors (Lipinski definition) is 1. The van der Waals surface area contributed by atoms with Crippen molar-refractivity contribution in [3.05, 3.63) is 52.5 Å². The molecule has 6 nitrogen and oxygen atoms in total. The van der Waals surface area contributed by atoms with E-state index < -0.39 is 0 Å². The number of carbonyl (C=O) groups is 2. The fourth-order valence-electron chi connectivity index (χ4n) is 3.46. The minimum Gasteiger partial charge on any atom is -0.482 e. The molecule has 1 fully saturated rings. The number of ether oxygens (including phenoxy) is 1. The Labute approximate surface area is 176 Å². The van der Waals surface area contributed by atoms with Crippen molar-refractivity contribution < 1.29 is 14.3 Å². The van der Waals surface area contributed by atoms with Gasteiger partial charge in [0.15, 0.2) is 6.61 Å². The Hall–Kier alpha value is -2.73. The van der Waals surface area contributed by atoms with Crippen LogP contribution in [-0.4, -0.2) is 49.5 Å². The van der Waals surface area contributed by atoms with Crippen LogP contribution in [0.2, 0.25) is 5.02 Å². The third-order valence-corrected chi connectivity index (χ3v) is 5.24. The lowest BCUT2D eigenvalue weighted by molar-refractivity contribution is -0.129. The van der Waals surface area contributed by atoms with Crippen molar-refractivity contribution in [1.82, 2.24) is 4.90 Å². The van der Waals surface area contributed by atoms with Crippen molar-refractivity contribution in [3.8, 4) is 5.75 Å². The van der Waals surface area contributed by atoms with Gasteiger partial charge in [-0.05, 0) is 55.3 Å². The van der Waals surface area contributed by atoms with Crippen LogP contribution in [0, 0.1) is 13.8 Å². The van der Waals surface area contributed by atoms with Gasteiger partial charge in [-0.25, -0.2) is 0 Å². The van der Waals surface area contributed by atoms with Crippen molar-refractivity contribution in [3.63, 3.8) is 0 Å². The number of carbonyl (C=O) groups excluding carboxylic acids is 2. The number of halogens is 1. The first-order chi connectivity index (χ1) is 13.8. The van der Waals surface area contributed by atoms with E-state index in [1.807, 2.05) is 55.1 Å². The van der Waals surface area contributed by atoms with Crippen molar-refractivity contribution in [2.24, 2.45) is 0 Å². The number of amides is 2. The Bertz CT molecular complexity index is 868. The molecule has 7 heteroatoms. The maximum atomic E-state index is 12.2. The molecule has 0 radical (unpaired) electrons. The van der Waals surface area contributed by atoms with Gasteiger partial charge in [0, 0.05) is 44.5 Å². The number of aryl methyl sites for hydroxylation is 2. The van der Waals surface area contributed by atoms with E-state index in [-0.39, 0.29) is 18.4 Å². The van der Waals surface area contributed by atoms with E-state index in [4.69, 9.17) is 16.3 Å². The molecule has 0 atom stereocenters. The summed E-state index contributed by atoms with van der Waals surface area (Å²) in [4.78, 5) is 27.8. The molecule has 1 N–H and O–H groups in total. The molecule has 1 aliphatic heterocycles. The lowest BCUT2D eigenvalue weighted by Crippen LogP contribution is -2.48. The number of anilines is 2. The second-order valence-corrected chi connectivity index (χ2v) is 7.68. The fourth-order valence-corrected chi connectivity index (χ4v) is 3.83. The average Bonchev–Trinajstić information content (AvgIpc) is 2.68. The molecule has 0 aliphatic carbocycles. The Kier molecular flexibility index (Phi) is 6.64. The molecule has 1 heterocycles. The molecule has 3 rings (SSSR count). The first kappa shape index (κ1) is 21.0. The lowest BCUT2D eigenvalue weighted by Gasteiger charge is -2.35. The van der Waals surface area contributed by atoms with Gasteiger partial charge in [-0.2, -0.15) is 0 Å². The van der Waals surface area contributed by atoms with E-state index in [9.17, 15) is 9.59 Å². The van der Waals surface area contributed by atoms with Crippen LogP contribution < -0.4 is 15.0 Å². The van der Waals surface area contributed by atoms with Crippen molar-refractivity contribution in [1.29, 1.82) is 0 Å². The van der Waals surface area contributed by atoms with Gasteiger partial charge in [0.25, 0.3) is 5.91 Å². The second kappa shape index (κ2) is 9.18. The highest BCUT2D eigenvalue weighted by Gasteiger charge is 2.18. The monoisotopic (exact) mass is 415 g/mol. The number of piperazine rings is 1. The Balaban J connectivity index is 1.52. The molecule has 0 aromatic heterocycles. The van der Waals surface area contributed by atoms with E-state index in [1.54, 1.807) is 6.92 Å². The molecule has 1 aliphatic rings. The normalized spacial score (nSPS) is 13.9. The van der Waals surface area contributed by atoms with Crippen LogP contribution in [0.5, 0.6) is 5.75 Å². The second-order valence-electron chi connectivity index (χ2n) is 7.27. The number of hydrogen-bond acceptors (Lipinski definition) is 4. The summed E-state index contributed by atoms with van der Waals surface area (Å²) >= 11 is 6.21. The maximum Gasteiger partial charge on any atom is 0.262 e. The van der Waals surface area contributed by atoms with Crippen molar-refractivity contribution in [2.75, 3.05) is 43.0 Å². The van der Waals surface area contributed by atoms with Crippen LogP contribution in [0.1, 0.15) is 18.1 Å². The topological polar surface area (TPSA) is 61.9 Å². The fraction of sp³-hybridized carbons (Fsp3) is 0.364. The summed E-state index contributed by atoms with van der Waals surface area (Å²) in [6.45, 7) is 8.41. The minimum atomic E-state index is -0.246. The molecular formula is C22H26ClN3O3. The van der Waals surface area contributed by atoms with Crippen LogP contribution in [0.3, 0.4) is 0 Å². The summed E-state index contributed by atoms with van der Waals surface area (Å²) in [5.74, 6) is 0.406. The van der Waals surface area contributed by atoms with E-state index in [0.29, 0.717) is 16.5 Å². The smallest absolute Gasteiger partial charge is 0.262 e. The van der Waals surface area contributed by atoms with E-state index in [1.165, 1.54) is 0 Å². The number of nitrogens with zero attached hydrogens (tertiary/aromatic N) is 2. The average molecular weight is 416 g/mol. The van der Waals surface area contributed by atoms with Gasteiger partial charge in [0.05, 0.1) is 5.02 Å². The zero-order valence-electron chi connectivity index (χ0n) is 17.0. The molecule has 2 amide bonds. The number of rotatable bonds is 5. The van der Waals surface area contributed by atoms with Crippen LogP contribution in [0.15, 0.2) is 36.4 Å². The predicted molar refractivity (Wildman–Crippen MR) is 116 cm³/mol. The molecule has 0 saturated carbocycles. The van der Waals surface area contributed by atoms with E-state index >= 15 is 0 Å². The summed E-state index contributed by atoms with van der Waals surface area (Å²) in [5.41, 5.74) is 3.73. The van der Waals surface area contributed by atoms with Crippen LogP contribution in [0.25, 0.3) is 0 Å². The quantitative estimate of drug-likeness (QED) is 0.809. The Morgan fingerprint density at radius 1 is 1.07 bits per heavy atom.